The first-order valence-electron chi connectivity index (χ1n) is 7.75. The van der Waals surface area contributed by atoms with Gasteiger partial charge in [0, 0.05) is 19.6 Å². The molecule has 1 fully saturated rings. The van der Waals surface area contributed by atoms with E-state index in [1.165, 1.54) is 16.9 Å². The first-order valence-corrected chi connectivity index (χ1v) is 9.32. The molecule has 1 N–H and O–H groups in total. The quantitative estimate of drug-likeness (QED) is 0.850. The summed E-state index contributed by atoms with van der Waals surface area (Å²) in [5.41, 5.74) is 1.61. The van der Waals surface area contributed by atoms with E-state index in [4.69, 9.17) is 27.9 Å². The molecule has 0 saturated carbocycles. The fraction of sp³-hybridized carbons (Fsp3) is 0.353. The Balaban J connectivity index is 1.72. The van der Waals surface area contributed by atoms with Crippen molar-refractivity contribution in [2.24, 2.45) is 0 Å². The monoisotopic (exact) mass is 384 g/mol. The Kier molecular flexibility index (Phi) is 6.14. The van der Waals surface area contributed by atoms with Gasteiger partial charge in [0.2, 0.25) is 0 Å². The minimum atomic E-state index is -0.197. The Labute approximate surface area is 155 Å². The van der Waals surface area contributed by atoms with Crippen LogP contribution in [0, 0.1) is 0 Å². The number of amides is 1. The van der Waals surface area contributed by atoms with Crippen molar-refractivity contribution in [3.63, 3.8) is 0 Å². The molecule has 128 valence electrons. The molecule has 1 aromatic heterocycles. The zero-order chi connectivity index (χ0) is 16.9. The van der Waals surface area contributed by atoms with E-state index < -0.39 is 0 Å². The fourth-order valence-corrected chi connectivity index (χ4v) is 4.26. The number of carbonyl (C=O) groups is 1. The van der Waals surface area contributed by atoms with Crippen molar-refractivity contribution < 1.29 is 9.53 Å². The van der Waals surface area contributed by atoms with Crippen LogP contribution in [0.2, 0.25) is 8.67 Å². The van der Waals surface area contributed by atoms with Crippen LogP contribution in [-0.2, 0) is 4.74 Å². The Morgan fingerprint density at radius 1 is 1.25 bits per heavy atom. The third-order valence-electron chi connectivity index (χ3n) is 4.03. The highest BCUT2D eigenvalue weighted by Crippen LogP contribution is 2.31. The molecular weight excluding hydrogens is 367 g/mol. The highest BCUT2D eigenvalue weighted by Gasteiger charge is 2.24. The van der Waals surface area contributed by atoms with Crippen LogP contribution in [0.3, 0.4) is 0 Å². The molecule has 7 heteroatoms. The Morgan fingerprint density at radius 2 is 1.96 bits per heavy atom. The van der Waals surface area contributed by atoms with Gasteiger partial charge in [0.25, 0.3) is 5.91 Å². The lowest BCUT2D eigenvalue weighted by Gasteiger charge is -2.34. The van der Waals surface area contributed by atoms with Gasteiger partial charge in [0.15, 0.2) is 0 Å². The molecule has 0 radical (unpaired) electrons. The van der Waals surface area contributed by atoms with Crippen LogP contribution in [0.25, 0.3) is 0 Å². The summed E-state index contributed by atoms with van der Waals surface area (Å²) in [6.45, 7) is 3.63. The van der Waals surface area contributed by atoms with Crippen molar-refractivity contribution in [2.75, 3.05) is 32.8 Å². The lowest BCUT2D eigenvalue weighted by Crippen LogP contribution is -2.43. The summed E-state index contributed by atoms with van der Waals surface area (Å²) in [5, 5.41) is 2.99. The fourth-order valence-electron chi connectivity index (χ4n) is 2.80. The molecule has 3 rings (SSSR count). The number of ether oxygens (including phenoxy) is 1. The summed E-state index contributed by atoms with van der Waals surface area (Å²) in [7, 11) is 0. The molecular formula is C17H18Cl2N2O2S. The summed E-state index contributed by atoms with van der Waals surface area (Å²) in [6, 6.07) is 11.9. The van der Waals surface area contributed by atoms with Gasteiger partial charge >= 0.3 is 0 Å². The van der Waals surface area contributed by atoms with Crippen molar-refractivity contribution in [3.8, 4) is 0 Å². The van der Waals surface area contributed by atoms with Crippen LogP contribution in [0.1, 0.15) is 22.0 Å². The third kappa shape index (κ3) is 4.29. The molecule has 1 aromatic carbocycles. The van der Waals surface area contributed by atoms with Crippen molar-refractivity contribution in [3.05, 3.63) is 56.2 Å². The SMILES string of the molecule is O=C(NCC(c1ccccc1)N1CCOCC1)c1cc(Cl)sc1Cl. The molecule has 1 aliphatic heterocycles. The van der Waals surface area contributed by atoms with E-state index in [1.807, 2.05) is 18.2 Å². The average molecular weight is 385 g/mol. The van der Waals surface area contributed by atoms with Gasteiger partial charge in [-0.25, -0.2) is 0 Å². The third-order valence-corrected chi connectivity index (χ3v) is 5.52. The Hall–Kier alpha value is -1.11. The van der Waals surface area contributed by atoms with Crippen LogP contribution in [0.5, 0.6) is 0 Å². The van der Waals surface area contributed by atoms with Crippen molar-refractivity contribution in [1.29, 1.82) is 0 Å². The highest BCUT2D eigenvalue weighted by atomic mass is 35.5. The zero-order valence-electron chi connectivity index (χ0n) is 13.0. The maximum atomic E-state index is 12.4. The van der Waals surface area contributed by atoms with Gasteiger partial charge in [-0.1, -0.05) is 53.5 Å². The van der Waals surface area contributed by atoms with E-state index in [1.54, 1.807) is 6.07 Å². The van der Waals surface area contributed by atoms with E-state index in [9.17, 15) is 4.79 Å². The zero-order valence-corrected chi connectivity index (χ0v) is 15.3. The number of benzene rings is 1. The normalized spacial score (nSPS) is 16.8. The van der Waals surface area contributed by atoms with Gasteiger partial charge in [-0.3, -0.25) is 9.69 Å². The number of nitrogens with one attached hydrogen (secondary N) is 1. The summed E-state index contributed by atoms with van der Waals surface area (Å²) < 4.78 is 6.37. The molecule has 1 saturated heterocycles. The summed E-state index contributed by atoms with van der Waals surface area (Å²) in [6.07, 6.45) is 0. The Morgan fingerprint density at radius 3 is 2.58 bits per heavy atom. The minimum Gasteiger partial charge on any atom is -0.379 e. The lowest BCUT2D eigenvalue weighted by molar-refractivity contribution is 0.0162. The minimum absolute atomic E-state index is 0.104. The van der Waals surface area contributed by atoms with Gasteiger partial charge < -0.3 is 10.1 Å². The van der Waals surface area contributed by atoms with E-state index >= 15 is 0 Å². The predicted octanol–water partition coefficient (Wildman–Crippen LogP) is 3.86. The maximum absolute atomic E-state index is 12.4. The Bertz CT molecular complexity index is 687. The van der Waals surface area contributed by atoms with Gasteiger partial charge in [-0.05, 0) is 11.6 Å². The number of rotatable bonds is 5. The number of nitrogens with zero attached hydrogens (tertiary/aromatic N) is 1. The van der Waals surface area contributed by atoms with Crippen LogP contribution in [-0.4, -0.2) is 43.7 Å². The molecule has 1 atom stereocenters. The second-order valence-corrected chi connectivity index (χ2v) is 7.81. The maximum Gasteiger partial charge on any atom is 0.253 e. The molecule has 1 unspecified atom stereocenters. The highest BCUT2D eigenvalue weighted by molar-refractivity contribution is 7.20. The molecule has 4 nitrogen and oxygen atoms in total. The molecule has 1 amide bonds. The number of thiophene rings is 1. The molecule has 2 heterocycles. The van der Waals surface area contributed by atoms with Gasteiger partial charge in [-0.2, -0.15) is 0 Å². The lowest BCUT2D eigenvalue weighted by atomic mass is 10.0. The van der Waals surface area contributed by atoms with Gasteiger partial charge in [0.1, 0.15) is 4.34 Å². The summed E-state index contributed by atoms with van der Waals surface area (Å²) in [4.78, 5) is 14.7. The van der Waals surface area contributed by atoms with Crippen molar-refractivity contribution in [2.45, 2.75) is 6.04 Å². The second-order valence-electron chi connectivity index (χ2n) is 5.52. The topological polar surface area (TPSA) is 41.6 Å². The van der Waals surface area contributed by atoms with Crippen molar-refractivity contribution >= 4 is 40.4 Å². The first kappa shape index (κ1) is 17.7. The number of carbonyl (C=O) groups excluding carboxylic acids is 1. The molecule has 1 aliphatic rings. The molecule has 0 aliphatic carbocycles. The number of halogens is 2. The van der Waals surface area contributed by atoms with E-state index in [0.29, 0.717) is 34.0 Å². The van der Waals surface area contributed by atoms with Crippen LogP contribution < -0.4 is 5.32 Å². The molecule has 0 bridgehead atoms. The number of morpholine rings is 1. The number of hydrogen-bond acceptors (Lipinski definition) is 4. The van der Waals surface area contributed by atoms with E-state index in [2.05, 4.69) is 22.3 Å². The first-order chi connectivity index (χ1) is 11.6. The summed E-state index contributed by atoms with van der Waals surface area (Å²) in [5.74, 6) is -0.197. The van der Waals surface area contributed by atoms with Crippen LogP contribution in [0.4, 0.5) is 0 Å². The molecule has 24 heavy (non-hydrogen) atoms. The smallest absolute Gasteiger partial charge is 0.253 e. The van der Waals surface area contributed by atoms with E-state index in [0.717, 1.165) is 13.1 Å². The average Bonchev–Trinajstić information content (AvgIpc) is 2.95. The standard InChI is InChI=1S/C17H18Cl2N2O2S/c18-15-10-13(16(19)24-15)17(22)20-11-14(12-4-2-1-3-5-12)21-6-8-23-9-7-21/h1-5,10,14H,6-9,11H2,(H,20,22). The number of hydrogen-bond donors (Lipinski definition) is 1. The van der Waals surface area contributed by atoms with Crippen LogP contribution in [0.15, 0.2) is 36.4 Å². The largest absolute Gasteiger partial charge is 0.379 e. The van der Waals surface area contributed by atoms with Crippen molar-refractivity contribution in [1.82, 2.24) is 10.2 Å². The molecule has 0 spiro atoms. The molecule has 2 aromatic rings. The second kappa shape index (κ2) is 8.32. The summed E-state index contributed by atoms with van der Waals surface area (Å²) >= 11 is 13.2. The van der Waals surface area contributed by atoms with E-state index in [-0.39, 0.29) is 11.9 Å². The predicted molar refractivity (Wildman–Crippen MR) is 98.2 cm³/mol. The van der Waals surface area contributed by atoms with Gasteiger partial charge in [-0.15, -0.1) is 11.3 Å². The van der Waals surface area contributed by atoms with Crippen LogP contribution >= 0.6 is 34.5 Å². The van der Waals surface area contributed by atoms with Gasteiger partial charge in [0.05, 0.1) is 29.2 Å².